The highest BCUT2D eigenvalue weighted by Gasteiger charge is 2.25. The lowest BCUT2D eigenvalue weighted by molar-refractivity contribution is -0.161. The summed E-state index contributed by atoms with van der Waals surface area (Å²) in [7, 11) is 0. The first kappa shape index (κ1) is 35.6. The molecule has 43 heavy (non-hydrogen) atoms. The van der Waals surface area contributed by atoms with Gasteiger partial charge >= 0.3 is 11.9 Å². The van der Waals surface area contributed by atoms with E-state index in [1.54, 1.807) is 12.2 Å². The van der Waals surface area contributed by atoms with E-state index in [1.807, 2.05) is 65.8 Å². The first-order valence-corrected chi connectivity index (χ1v) is 14.4. The third-order valence-corrected chi connectivity index (χ3v) is 6.15. The first-order valence-electron chi connectivity index (χ1n) is 14.4. The van der Waals surface area contributed by atoms with Gasteiger partial charge in [0.1, 0.15) is 49.1 Å². The normalized spacial score (nSPS) is 11.9. The van der Waals surface area contributed by atoms with Crippen LogP contribution in [-0.2, 0) is 34.0 Å². The van der Waals surface area contributed by atoms with E-state index in [0.29, 0.717) is 11.5 Å². The Bertz CT molecular complexity index is 1150. The summed E-state index contributed by atoms with van der Waals surface area (Å²) in [5.41, 5.74) is 2.43. The highest BCUT2D eigenvalue weighted by Crippen LogP contribution is 2.36. The van der Waals surface area contributed by atoms with Gasteiger partial charge in [0.15, 0.2) is 0 Å². The van der Waals surface area contributed by atoms with Crippen LogP contribution in [0.25, 0.3) is 12.2 Å². The minimum Gasteiger partial charge on any atom is -0.491 e. The average Bonchev–Trinajstić information content (AvgIpc) is 2.90. The Morgan fingerprint density at radius 2 is 1.00 bits per heavy atom. The van der Waals surface area contributed by atoms with E-state index in [0.717, 1.165) is 22.3 Å². The lowest BCUT2D eigenvalue weighted by Gasteiger charge is -2.28. The summed E-state index contributed by atoms with van der Waals surface area (Å²) in [5, 5.41) is 0. The molecule has 0 unspecified atom stereocenters. The molecule has 0 aliphatic heterocycles. The number of ether oxygens (including phenoxy) is 6. The summed E-state index contributed by atoms with van der Waals surface area (Å²) in [5.74, 6) is 0.545. The molecule has 8 nitrogen and oxygen atoms in total. The zero-order chi connectivity index (χ0) is 32.3. The number of hydrogen-bond acceptors (Lipinski definition) is 8. The second-order valence-corrected chi connectivity index (χ2v) is 12.5. The maximum atomic E-state index is 11.8. The number of benzene rings is 2. The fourth-order valence-corrected chi connectivity index (χ4v) is 4.10. The van der Waals surface area contributed by atoms with Crippen LogP contribution in [0.2, 0.25) is 0 Å². The minimum atomic E-state index is -0.546. The molecule has 0 radical (unpaired) electrons. The van der Waals surface area contributed by atoms with Crippen LogP contribution in [0.15, 0.2) is 49.6 Å². The van der Waals surface area contributed by atoms with E-state index in [-0.39, 0.29) is 45.1 Å². The van der Waals surface area contributed by atoms with Crippen molar-refractivity contribution < 1.29 is 38.0 Å². The van der Waals surface area contributed by atoms with Crippen molar-refractivity contribution in [3.05, 3.63) is 71.8 Å². The molecule has 0 heterocycles. The maximum absolute atomic E-state index is 11.8. The van der Waals surface area contributed by atoms with Gasteiger partial charge in [-0.2, -0.15) is 0 Å². The maximum Gasteiger partial charge on any atom is 0.332 e. The predicted octanol–water partition coefficient (Wildman–Crippen LogP) is 6.77. The van der Waals surface area contributed by atoms with E-state index < -0.39 is 23.1 Å². The van der Waals surface area contributed by atoms with E-state index in [1.165, 1.54) is 0 Å². The van der Waals surface area contributed by atoms with Crippen molar-refractivity contribution >= 4 is 24.1 Å². The van der Waals surface area contributed by atoms with E-state index >= 15 is 0 Å². The van der Waals surface area contributed by atoms with Crippen LogP contribution in [0, 0.1) is 0 Å². The molecule has 2 aromatic rings. The Hall–Kier alpha value is -3.62. The molecule has 0 saturated carbocycles. The number of carbonyl (C=O) groups excluding carboxylic acids is 2. The van der Waals surface area contributed by atoms with Gasteiger partial charge in [-0.05, 0) is 76.9 Å². The fraction of sp³-hybridized carbons (Fsp3) is 0.486. The Kier molecular flexibility index (Phi) is 13.0. The lowest BCUT2D eigenvalue weighted by atomic mass is 9.77. The second kappa shape index (κ2) is 15.7. The van der Waals surface area contributed by atoms with E-state index in [4.69, 9.17) is 28.4 Å². The van der Waals surface area contributed by atoms with Gasteiger partial charge in [-0.3, -0.25) is 0 Å². The van der Waals surface area contributed by atoms with Crippen LogP contribution in [0.1, 0.15) is 77.6 Å². The zero-order valence-electron chi connectivity index (χ0n) is 27.0. The van der Waals surface area contributed by atoms with Crippen molar-refractivity contribution in [2.24, 2.45) is 0 Å². The van der Waals surface area contributed by atoms with Crippen molar-refractivity contribution in [3.8, 4) is 11.5 Å². The van der Waals surface area contributed by atoms with Gasteiger partial charge in [-0.15, -0.1) is 0 Å². The summed E-state index contributed by atoms with van der Waals surface area (Å²) in [4.78, 5) is 23.6. The van der Waals surface area contributed by atoms with Crippen molar-refractivity contribution in [2.45, 2.75) is 72.0 Å². The highest BCUT2D eigenvalue weighted by molar-refractivity contribution is 5.71. The molecule has 0 N–H and O–H groups in total. The number of carbonyl (C=O) groups is 2. The molecule has 0 saturated heterocycles. The van der Waals surface area contributed by atoms with Crippen LogP contribution < -0.4 is 9.47 Å². The largest absolute Gasteiger partial charge is 0.491 e. The molecule has 0 bridgehead atoms. The first-order chi connectivity index (χ1) is 20.1. The van der Waals surface area contributed by atoms with Crippen molar-refractivity contribution in [1.29, 1.82) is 0 Å². The third kappa shape index (κ3) is 12.3. The van der Waals surface area contributed by atoms with Gasteiger partial charge in [-0.25, -0.2) is 9.59 Å². The number of hydrogen-bond donors (Lipinski definition) is 0. The molecule has 2 aromatic carbocycles. The molecule has 2 rings (SSSR count). The smallest absolute Gasteiger partial charge is 0.332 e. The van der Waals surface area contributed by atoms with Crippen LogP contribution in [0.4, 0.5) is 0 Å². The monoisotopic (exact) mass is 596 g/mol. The van der Waals surface area contributed by atoms with Crippen LogP contribution in [0.3, 0.4) is 0 Å². The third-order valence-electron chi connectivity index (χ3n) is 6.15. The Balaban J connectivity index is 1.98. The van der Waals surface area contributed by atoms with Crippen molar-refractivity contribution in [2.75, 3.05) is 39.6 Å². The zero-order valence-corrected chi connectivity index (χ0v) is 27.0. The molecule has 0 aliphatic rings. The summed E-state index contributed by atoms with van der Waals surface area (Å²) in [6.07, 6.45) is 3.51. The molecular weight excluding hydrogens is 548 g/mol. The summed E-state index contributed by atoms with van der Waals surface area (Å²) < 4.78 is 33.1. The number of esters is 2. The lowest BCUT2D eigenvalue weighted by Crippen LogP contribution is -2.27. The Morgan fingerprint density at radius 1 is 0.628 bits per heavy atom. The number of rotatable bonds is 16. The van der Waals surface area contributed by atoms with Crippen LogP contribution in [0.5, 0.6) is 11.5 Å². The highest BCUT2D eigenvalue weighted by atomic mass is 16.6. The standard InChI is InChI=1S/C35H48O8/c1-11-25-21-27(13-15-29(25)40-19-17-38-23-31(36)42-33(3,4)5)35(9,10)28-14-16-30(26(12-2)22-28)41-20-18-39-24-32(37)43-34(6,7)8/h11-16,21-22H,1-2,17-20,23-24H2,3-10H3. The van der Waals surface area contributed by atoms with E-state index in [2.05, 4.69) is 39.1 Å². The van der Waals surface area contributed by atoms with Gasteiger partial charge in [0.05, 0.1) is 13.2 Å². The molecule has 0 spiro atoms. The van der Waals surface area contributed by atoms with Gasteiger partial charge in [0, 0.05) is 16.5 Å². The second-order valence-electron chi connectivity index (χ2n) is 12.5. The molecule has 0 fully saturated rings. The molecule has 236 valence electrons. The molecule has 0 atom stereocenters. The Labute approximate surface area is 257 Å². The van der Waals surface area contributed by atoms with E-state index in [9.17, 15) is 9.59 Å². The summed E-state index contributed by atoms with van der Waals surface area (Å²) >= 11 is 0. The molecule has 8 heteroatoms. The van der Waals surface area contributed by atoms with Crippen LogP contribution in [-0.4, -0.2) is 62.8 Å². The topological polar surface area (TPSA) is 89.5 Å². The average molecular weight is 597 g/mol. The van der Waals surface area contributed by atoms with Gasteiger partial charge < -0.3 is 28.4 Å². The Morgan fingerprint density at radius 3 is 1.33 bits per heavy atom. The predicted molar refractivity (Wildman–Crippen MR) is 170 cm³/mol. The molecule has 0 aliphatic carbocycles. The SMILES string of the molecule is C=Cc1cc(C(C)(C)c2ccc(OCCOCC(=O)OC(C)(C)C)c(C=C)c2)ccc1OCCOCC(=O)OC(C)(C)C. The summed E-state index contributed by atoms with van der Waals surface area (Å²) in [6.45, 7) is 23.9. The van der Waals surface area contributed by atoms with Gasteiger partial charge in [0.2, 0.25) is 0 Å². The summed E-state index contributed by atoms with van der Waals surface area (Å²) in [6, 6.07) is 12.0. The van der Waals surface area contributed by atoms with Crippen molar-refractivity contribution in [3.63, 3.8) is 0 Å². The van der Waals surface area contributed by atoms with Crippen molar-refractivity contribution in [1.82, 2.24) is 0 Å². The van der Waals surface area contributed by atoms with Gasteiger partial charge in [0.25, 0.3) is 0 Å². The molecule has 0 aromatic heterocycles. The van der Waals surface area contributed by atoms with Crippen LogP contribution >= 0.6 is 0 Å². The molecule has 0 amide bonds. The van der Waals surface area contributed by atoms with Gasteiger partial charge in [-0.1, -0.05) is 51.3 Å². The minimum absolute atomic E-state index is 0.125. The quantitative estimate of drug-likeness (QED) is 0.155. The molecular formula is C35H48O8. The fourth-order valence-electron chi connectivity index (χ4n) is 4.10.